The van der Waals surface area contributed by atoms with Crippen LogP contribution in [0, 0.1) is 0 Å². The van der Waals surface area contributed by atoms with Gasteiger partial charge in [-0.3, -0.25) is 4.90 Å². The second kappa shape index (κ2) is 5.92. The van der Waals surface area contributed by atoms with E-state index in [0.717, 1.165) is 13.0 Å². The van der Waals surface area contributed by atoms with Crippen molar-refractivity contribution in [3.05, 3.63) is 35.9 Å². The summed E-state index contributed by atoms with van der Waals surface area (Å²) < 4.78 is 31.2. The van der Waals surface area contributed by atoms with E-state index in [1.54, 1.807) is 11.2 Å². The molecule has 1 atom stereocenters. The molecule has 2 fully saturated rings. The first-order chi connectivity index (χ1) is 10.4. The SMILES string of the molecule is CCS(=O)(=O)N1CC2(CC(N(C)Cc3ccccc3)CO2)C1. The zero-order valence-electron chi connectivity index (χ0n) is 13.2. The lowest BCUT2D eigenvalue weighted by atomic mass is 9.91. The third-order valence-corrected chi connectivity index (χ3v) is 6.55. The van der Waals surface area contributed by atoms with E-state index in [1.807, 2.05) is 6.07 Å². The number of nitrogens with zero attached hydrogens (tertiary/aromatic N) is 2. The highest BCUT2D eigenvalue weighted by atomic mass is 32.2. The van der Waals surface area contributed by atoms with Gasteiger partial charge in [-0.2, -0.15) is 4.31 Å². The lowest BCUT2D eigenvalue weighted by molar-refractivity contribution is -0.0773. The Morgan fingerprint density at radius 3 is 2.64 bits per heavy atom. The minimum atomic E-state index is -3.07. The molecule has 22 heavy (non-hydrogen) atoms. The summed E-state index contributed by atoms with van der Waals surface area (Å²) in [5.41, 5.74) is 1.03. The van der Waals surface area contributed by atoms with Crippen molar-refractivity contribution in [2.24, 2.45) is 0 Å². The molecule has 0 bridgehead atoms. The fraction of sp³-hybridized carbons (Fsp3) is 0.625. The molecule has 2 aliphatic heterocycles. The summed E-state index contributed by atoms with van der Waals surface area (Å²) in [5.74, 6) is 0.167. The third-order valence-electron chi connectivity index (χ3n) is 4.77. The van der Waals surface area contributed by atoms with E-state index in [4.69, 9.17) is 4.74 Å². The molecule has 2 saturated heterocycles. The molecule has 3 rings (SSSR count). The molecule has 1 aromatic rings. The standard InChI is InChI=1S/C16H24N2O3S/c1-3-22(19,20)18-12-16(13-18)9-15(11-21-16)17(2)10-14-7-5-4-6-8-14/h4-8,15H,3,9-13H2,1-2H3. The lowest BCUT2D eigenvalue weighted by Crippen LogP contribution is -2.63. The molecule has 0 radical (unpaired) electrons. The molecule has 5 nitrogen and oxygen atoms in total. The van der Waals surface area contributed by atoms with Crippen molar-refractivity contribution in [2.75, 3.05) is 32.5 Å². The van der Waals surface area contributed by atoms with Crippen LogP contribution in [-0.4, -0.2) is 61.8 Å². The van der Waals surface area contributed by atoms with Crippen LogP contribution in [0.25, 0.3) is 0 Å². The van der Waals surface area contributed by atoms with E-state index in [2.05, 4.69) is 36.2 Å². The summed E-state index contributed by atoms with van der Waals surface area (Å²) in [5, 5.41) is 0. The van der Waals surface area contributed by atoms with Crippen molar-refractivity contribution in [3.8, 4) is 0 Å². The molecule has 0 saturated carbocycles. The molecule has 0 N–H and O–H groups in total. The summed E-state index contributed by atoms with van der Waals surface area (Å²) in [7, 11) is -0.961. The van der Waals surface area contributed by atoms with Gasteiger partial charge in [0, 0.05) is 25.7 Å². The molecule has 1 aromatic carbocycles. The zero-order valence-corrected chi connectivity index (χ0v) is 14.1. The molecule has 0 aliphatic carbocycles. The molecular formula is C16H24N2O3S. The predicted octanol–water partition coefficient (Wildman–Crippen LogP) is 1.31. The first kappa shape index (κ1) is 15.9. The van der Waals surface area contributed by atoms with Crippen molar-refractivity contribution < 1.29 is 13.2 Å². The summed E-state index contributed by atoms with van der Waals surface area (Å²) in [6.07, 6.45) is 0.909. The minimum absolute atomic E-state index is 0.167. The van der Waals surface area contributed by atoms with E-state index in [-0.39, 0.29) is 11.4 Å². The lowest BCUT2D eigenvalue weighted by Gasteiger charge is -2.46. The number of hydrogen-bond donors (Lipinski definition) is 0. The Labute approximate surface area is 132 Å². The van der Waals surface area contributed by atoms with Crippen LogP contribution in [0.5, 0.6) is 0 Å². The number of hydrogen-bond acceptors (Lipinski definition) is 4. The predicted molar refractivity (Wildman–Crippen MR) is 86.0 cm³/mol. The zero-order chi connectivity index (χ0) is 15.8. The summed E-state index contributed by atoms with van der Waals surface area (Å²) >= 11 is 0. The van der Waals surface area contributed by atoms with Crippen LogP contribution in [0.15, 0.2) is 30.3 Å². The van der Waals surface area contributed by atoms with Gasteiger partial charge in [0.05, 0.1) is 18.0 Å². The van der Waals surface area contributed by atoms with Crippen LogP contribution in [0.4, 0.5) is 0 Å². The van der Waals surface area contributed by atoms with Gasteiger partial charge < -0.3 is 4.74 Å². The van der Waals surface area contributed by atoms with Gasteiger partial charge in [-0.25, -0.2) is 8.42 Å². The largest absolute Gasteiger partial charge is 0.371 e. The highest BCUT2D eigenvalue weighted by Gasteiger charge is 2.53. The third kappa shape index (κ3) is 3.06. The van der Waals surface area contributed by atoms with Gasteiger partial charge in [0.25, 0.3) is 0 Å². The van der Waals surface area contributed by atoms with Crippen LogP contribution < -0.4 is 0 Å². The Morgan fingerprint density at radius 1 is 1.32 bits per heavy atom. The van der Waals surface area contributed by atoms with Crippen molar-refractivity contribution in [1.29, 1.82) is 0 Å². The average Bonchev–Trinajstić information content (AvgIpc) is 2.92. The maximum absolute atomic E-state index is 11.8. The van der Waals surface area contributed by atoms with E-state index < -0.39 is 10.0 Å². The Hall–Kier alpha value is -0.950. The van der Waals surface area contributed by atoms with E-state index in [9.17, 15) is 8.42 Å². The van der Waals surface area contributed by atoms with Gasteiger partial charge in [0.1, 0.15) is 0 Å². The van der Waals surface area contributed by atoms with E-state index in [1.165, 1.54) is 5.56 Å². The molecule has 0 aromatic heterocycles. The highest BCUT2D eigenvalue weighted by molar-refractivity contribution is 7.89. The fourth-order valence-electron chi connectivity index (χ4n) is 3.30. The average molecular weight is 324 g/mol. The molecule has 122 valence electrons. The summed E-state index contributed by atoms with van der Waals surface area (Å²) in [4.78, 5) is 2.31. The van der Waals surface area contributed by atoms with Gasteiger partial charge in [-0.05, 0) is 26.0 Å². The van der Waals surface area contributed by atoms with Crippen LogP contribution >= 0.6 is 0 Å². The minimum Gasteiger partial charge on any atom is -0.371 e. The number of rotatable bonds is 5. The normalized spacial score (nSPS) is 24.8. The number of ether oxygens (including phenoxy) is 1. The van der Waals surface area contributed by atoms with Crippen molar-refractivity contribution in [3.63, 3.8) is 0 Å². The van der Waals surface area contributed by atoms with Crippen LogP contribution in [0.2, 0.25) is 0 Å². The second-order valence-electron chi connectivity index (χ2n) is 6.42. The quantitative estimate of drug-likeness (QED) is 0.819. The van der Waals surface area contributed by atoms with Crippen molar-refractivity contribution in [1.82, 2.24) is 9.21 Å². The number of sulfonamides is 1. The van der Waals surface area contributed by atoms with Gasteiger partial charge >= 0.3 is 0 Å². The fourth-order valence-corrected chi connectivity index (χ4v) is 4.53. The Kier molecular flexibility index (Phi) is 4.29. The molecule has 6 heteroatoms. The van der Waals surface area contributed by atoms with Crippen LogP contribution in [0.1, 0.15) is 18.9 Å². The molecule has 2 heterocycles. The second-order valence-corrected chi connectivity index (χ2v) is 8.68. The topological polar surface area (TPSA) is 49.9 Å². The Morgan fingerprint density at radius 2 is 2.00 bits per heavy atom. The summed E-state index contributed by atoms with van der Waals surface area (Å²) in [6, 6.07) is 10.7. The molecule has 1 spiro atoms. The Bertz CT molecular complexity index is 612. The smallest absolute Gasteiger partial charge is 0.214 e. The van der Waals surface area contributed by atoms with Crippen LogP contribution in [0.3, 0.4) is 0 Å². The van der Waals surface area contributed by atoms with Crippen LogP contribution in [-0.2, 0) is 21.3 Å². The first-order valence-corrected chi connectivity index (χ1v) is 9.41. The van der Waals surface area contributed by atoms with E-state index in [0.29, 0.717) is 25.7 Å². The van der Waals surface area contributed by atoms with Gasteiger partial charge in [0.2, 0.25) is 10.0 Å². The van der Waals surface area contributed by atoms with Gasteiger partial charge in [-0.1, -0.05) is 30.3 Å². The first-order valence-electron chi connectivity index (χ1n) is 7.80. The molecule has 2 aliphatic rings. The number of benzene rings is 1. The van der Waals surface area contributed by atoms with Crippen molar-refractivity contribution in [2.45, 2.75) is 31.5 Å². The maximum Gasteiger partial charge on any atom is 0.214 e. The highest BCUT2D eigenvalue weighted by Crippen LogP contribution is 2.38. The molecule has 0 amide bonds. The molecular weight excluding hydrogens is 300 g/mol. The Balaban J connectivity index is 1.55. The maximum atomic E-state index is 11.8. The van der Waals surface area contributed by atoms with E-state index >= 15 is 0 Å². The van der Waals surface area contributed by atoms with Gasteiger partial charge in [0.15, 0.2) is 0 Å². The monoisotopic (exact) mass is 324 g/mol. The molecule has 1 unspecified atom stereocenters. The summed E-state index contributed by atoms with van der Waals surface area (Å²) in [6.45, 7) is 4.29. The number of likely N-dealkylation sites (N-methyl/N-ethyl adjacent to an activating group) is 1. The van der Waals surface area contributed by atoms with Gasteiger partial charge in [-0.15, -0.1) is 0 Å². The van der Waals surface area contributed by atoms with Crippen molar-refractivity contribution >= 4 is 10.0 Å².